The van der Waals surface area contributed by atoms with Crippen LogP contribution in [-0.2, 0) is 22.6 Å². The first-order chi connectivity index (χ1) is 14.0. The summed E-state index contributed by atoms with van der Waals surface area (Å²) in [6, 6.07) is 12.8. The number of rotatable bonds is 6. The molecule has 2 heterocycles. The lowest BCUT2D eigenvalue weighted by atomic mass is 10.1. The highest BCUT2D eigenvalue weighted by atomic mass is 35.5. The van der Waals surface area contributed by atoms with Crippen molar-refractivity contribution in [2.45, 2.75) is 13.0 Å². The second-order valence-corrected chi connectivity index (χ2v) is 8.03. The Labute approximate surface area is 180 Å². The third kappa shape index (κ3) is 4.40. The summed E-state index contributed by atoms with van der Waals surface area (Å²) in [5.41, 5.74) is 2.38. The van der Waals surface area contributed by atoms with E-state index in [2.05, 4.69) is 5.16 Å². The molecule has 2 aromatic heterocycles. The number of thiophene rings is 1. The monoisotopic (exact) mass is 447 g/mol. The molecule has 4 aromatic rings. The number of halogens is 2. The summed E-state index contributed by atoms with van der Waals surface area (Å²) in [6.45, 7) is 0.235. The molecule has 0 N–H and O–H groups in total. The van der Waals surface area contributed by atoms with Gasteiger partial charge < -0.3 is 14.0 Å². The molecule has 0 saturated heterocycles. The van der Waals surface area contributed by atoms with Crippen LogP contribution >= 0.6 is 34.5 Å². The van der Waals surface area contributed by atoms with Crippen LogP contribution in [0.4, 0.5) is 0 Å². The van der Waals surface area contributed by atoms with Crippen LogP contribution in [-0.4, -0.2) is 18.2 Å². The van der Waals surface area contributed by atoms with Crippen molar-refractivity contribution in [2.75, 3.05) is 7.11 Å². The molecular weight excluding hydrogens is 433 g/mol. The Kier molecular flexibility index (Phi) is 5.76. The van der Waals surface area contributed by atoms with Gasteiger partial charge in [0.05, 0.1) is 18.6 Å². The van der Waals surface area contributed by atoms with E-state index in [0.717, 1.165) is 21.2 Å². The first kappa shape index (κ1) is 19.8. The summed E-state index contributed by atoms with van der Waals surface area (Å²) in [5.74, 6) is 0.952. The molecule has 0 unspecified atom stereocenters. The van der Waals surface area contributed by atoms with Crippen molar-refractivity contribution in [3.63, 3.8) is 0 Å². The molecule has 29 heavy (non-hydrogen) atoms. The summed E-state index contributed by atoms with van der Waals surface area (Å²) < 4.78 is 16.9. The van der Waals surface area contributed by atoms with E-state index in [1.54, 1.807) is 18.2 Å². The van der Waals surface area contributed by atoms with Gasteiger partial charge in [-0.1, -0.05) is 28.4 Å². The molecule has 0 amide bonds. The number of aromatic nitrogens is 1. The number of hydrogen-bond acceptors (Lipinski definition) is 6. The first-order valence-corrected chi connectivity index (χ1v) is 10.3. The number of methoxy groups -OCH3 is 1. The van der Waals surface area contributed by atoms with E-state index in [9.17, 15) is 4.79 Å². The van der Waals surface area contributed by atoms with Crippen molar-refractivity contribution in [3.05, 3.63) is 69.1 Å². The van der Waals surface area contributed by atoms with Crippen LogP contribution < -0.4 is 4.74 Å². The number of nitrogens with zero attached hydrogens (tertiary/aromatic N) is 1. The first-order valence-electron chi connectivity index (χ1n) is 8.64. The molecule has 0 bridgehead atoms. The molecule has 148 valence electrons. The maximum atomic E-state index is 11.6. The van der Waals surface area contributed by atoms with Crippen LogP contribution in [0.3, 0.4) is 0 Å². The van der Waals surface area contributed by atoms with Gasteiger partial charge in [-0.2, -0.15) is 0 Å². The van der Waals surface area contributed by atoms with Crippen molar-refractivity contribution in [2.24, 2.45) is 0 Å². The fraction of sp³-hybridized carbons (Fsp3) is 0.143. The highest BCUT2D eigenvalue weighted by molar-refractivity contribution is 7.17. The molecule has 2 aromatic carbocycles. The average molecular weight is 448 g/mol. The SMILES string of the molecule is COC(=O)Cc1csc2cc(OCc3cc(-c4ccc(Cl)cc4)on3)cc(Cl)c12. The molecule has 0 aliphatic rings. The van der Waals surface area contributed by atoms with Gasteiger partial charge >= 0.3 is 5.97 Å². The van der Waals surface area contributed by atoms with Gasteiger partial charge in [-0.05, 0) is 47.3 Å². The highest BCUT2D eigenvalue weighted by Crippen LogP contribution is 2.36. The van der Waals surface area contributed by atoms with E-state index in [1.807, 2.05) is 29.6 Å². The van der Waals surface area contributed by atoms with Crippen LogP contribution in [0.1, 0.15) is 11.3 Å². The lowest BCUT2D eigenvalue weighted by Gasteiger charge is -2.06. The van der Waals surface area contributed by atoms with Gasteiger partial charge in [-0.3, -0.25) is 4.79 Å². The largest absolute Gasteiger partial charge is 0.487 e. The van der Waals surface area contributed by atoms with E-state index < -0.39 is 0 Å². The average Bonchev–Trinajstić information content (AvgIpc) is 3.34. The van der Waals surface area contributed by atoms with Gasteiger partial charge in [-0.15, -0.1) is 11.3 Å². The Bertz CT molecular complexity index is 1170. The standard InChI is InChI=1S/C21H15Cl2NO4S/c1-26-20(25)6-13-11-29-19-9-16(8-17(23)21(13)19)27-10-15-7-18(28-24-15)12-2-4-14(22)5-3-12/h2-5,7-9,11H,6,10H2,1H3. The third-order valence-corrected chi connectivity index (χ3v) is 5.84. The van der Waals surface area contributed by atoms with Crippen LogP contribution in [0.25, 0.3) is 21.4 Å². The van der Waals surface area contributed by atoms with Crippen molar-refractivity contribution >= 4 is 50.6 Å². The smallest absolute Gasteiger partial charge is 0.310 e. The van der Waals surface area contributed by atoms with Crippen molar-refractivity contribution in [1.82, 2.24) is 5.16 Å². The predicted octanol–water partition coefficient (Wildman–Crippen LogP) is 6.16. The summed E-state index contributed by atoms with van der Waals surface area (Å²) in [6.07, 6.45) is 0.183. The molecule has 0 aliphatic carbocycles. The Morgan fingerprint density at radius 1 is 1.17 bits per heavy atom. The minimum absolute atomic E-state index is 0.183. The molecule has 5 nitrogen and oxygen atoms in total. The van der Waals surface area contributed by atoms with Gasteiger partial charge in [0.2, 0.25) is 0 Å². The maximum absolute atomic E-state index is 11.6. The predicted molar refractivity (Wildman–Crippen MR) is 114 cm³/mol. The number of carbonyl (C=O) groups is 1. The fourth-order valence-electron chi connectivity index (χ4n) is 2.88. The summed E-state index contributed by atoms with van der Waals surface area (Å²) in [5, 5.41) is 7.99. The number of carbonyl (C=O) groups excluding carboxylic acids is 1. The summed E-state index contributed by atoms with van der Waals surface area (Å²) >= 11 is 13.9. The number of hydrogen-bond donors (Lipinski definition) is 0. The molecule has 0 spiro atoms. The third-order valence-electron chi connectivity index (χ3n) is 4.31. The lowest BCUT2D eigenvalue weighted by Crippen LogP contribution is -2.03. The van der Waals surface area contributed by atoms with Crippen LogP contribution in [0.5, 0.6) is 5.75 Å². The fourth-order valence-corrected chi connectivity index (χ4v) is 4.41. The van der Waals surface area contributed by atoms with E-state index in [-0.39, 0.29) is 19.0 Å². The minimum atomic E-state index is -0.302. The van der Waals surface area contributed by atoms with Gasteiger partial charge in [0.1, 0.15) is 18.1 Å². The van der Waals surface area contributed by atoms with Crippen LogP contribution in [0.2, 0.25) is 10.0 Å². The zero-order valence-corrected chi connectivity index (χ0v) is 17.6. The van der Waals surface area contributed by atoms with E-state index >= 15 is 0 Å². The Balaban J connectivity index is 1.49. The number of esters is 1. The Morgan fingerprint density at radius 2 is 1.97 bits per heavy atom. The molecule has 8 heteroatoms. The Hall–Kier alpha value is -2.54. The molecule has 0 saturated carbocycles. The number of fused-ring (bicyclic) bond motifs is 1. The maximum Gasteiger partial charge on any atom is 0.310 e. The Morgan fingerprint density at radius 3 is 2.72 bits per heavy atom. The number of benzene rings is 2. The minimum Gasteiger partial charge on any atom is -0.487 e. The van der Waals surface area contributed by atoms with E-state index in [4.69, 9.17) is 37.2 Å². The molecule has 0 radical (unpaired) electrons. The zero-order valence-electron chi connectivity index (χ0n) is 15.3. The second-order valence-electron chi connectivity index (χ2n) is 6.27. The van der Waals surface area contributed by atoms with E-state index in [0.29, 0.717) is 27.2 Å². The van der Waals surface area contributed by atoms with Crippen molar-refractivity contribution in [1.29, 1.82) is 0 Å². The molecule has 0 fully saturated rings. The van der Waals surface area contributed by atoms with E-state index in [1.165, 1.54) is 18.4 Å². The number of ether oxygens (including phenoxy) is 2. The lowest BCUT2D eigenvalue weighted by molar-refractivity contribution is -0.139. The molecule has 0 aliphatic heterocycles. The van der Waals surface area contributed by atoms with Gasteiger partial charge in [0.25, 0.3) is 0 Å². The van der Waals surface area contributed by atoms with Gasteiger partial charge in [0.15, 0.2) is 5.76 Å². The zero-order chi connectivity index (χ0) is 20.4. The second kappa shape index (κ2) is 8.45. The van der Waals surface area contributed by atoms with Crippen molar-refractivity contribution < 1.29 is 18.8 Å². The topological polar surface area (TPSA) is 61.6 Å². The molecule has 0 atom stereocenters. The molecule has 4 rings (SSSR count). The summed E-state index contributed by atoms with van der Waals surface area (Å²) in [7, 11) is 1.37. The normalized spacial score (nSPS) is 11.0. The summed E-state index contributed by atoms with van der Waals surface area (Å²) in [4.78, 5) is 11.6. The quantitative estimate of drug-likeness (QED) is 0.331. The van der Waals surface area contributed by atoms with Crippen molar-refractivity contribution in [3.8, 4) is 17.1 Å². The molecular formula is C21H15Cl2NO4S. The van der Waals surface area contributed by atoms with Crippen LogP contribution in [0, 0.1) is 0 Å². The van der Waals surface area contributed by atoms with Gasteiger partial charge in [0, 0.05) is 26.7 Å². The highest BCUT2D eigenvalue weighted by Gasteiger charge is 2.14. The van der Waals surface area contributed by atoms with Crippen LogP contribution in [0.15, 0.2) is 52.4 Å². The van der Waals surface area contributed by atoms with Gasteiger partial charge in [-0.25, -0.2) is 0 Å².